The molecule has 0 aliphatic rings. The van der Waals surface area contributed by atoms with Gasteiger partial charge in [0.15, 0.2) is 17.3 Å². The fourth-order valence-corrected chi connectivity index (χ4v) is 9.92. The topological polar surface area (TPSA) is 44.8 Å². The lowest BCUT2D eigenvalue weighted by atomic mass is 10.0. The second kappa shape index (κ2) is 47.0. The molecule has 390 valence electrons. The summed E-state index contributed by atoms with van der Waals surface area (Å²) in [5.74, 6) is 3.30. The van der Waals surface area contributed by atoms with Crippen LogP contribution in [-0.4, -0.2) is 31.4 Å². The number of rotatable bonds is 51. The third kappa shape index (κ3) is 34.8. The smallest absolute Gasteiger partial charge is 0.203 e. The second-order valence-electron chi connectivity index (χ2n) is 20.2. The summed E-state index contributed by atoms with van der Waals surface area (Å²) in [6.07, 6.45) is 56.5. The lowest BCUT2D eigenvalue weighted by Gasteiger charge is -2.18. The fourth-order valence-electron chi connectivity index (χ4n) is 9.15. The molecule has 0 radical (unpaired) electrons. The Bertz CT molecular complexity index is 1380. The number of thioether (sulfide) groups is 1. The van der Waals surface area contributed by atoms with Crippen LogP contribution in [0, 0.1) is 0 Å². The standard InChI is InChI=1S/C63H108O4S/c1-5-9-12-15-18-21-24-27-30-33-36-39-42-51-65-61-55-57(45-50-60(64)58-46-48-59(49-47-58)68-54-8-4)56-62(66-52-43-40-37-34-31-28-25-22-19-16-13-10-6-2)63(61)67-53-44-41-38-35-32-29-26-23-20-17-14-11-7-3/h45-50,55-56H,5-44,51-54H2,1-4H3. The predicted octanol–water partition coefficient (Wildman–Crippen LogP) is 21.5. The number of hydrogen-bond donors (Lipinski definition) is 0. The molecule has 5 heteroatoms. The Kier molecular flexibility index (Phi) is 42.6. The van der Waals surface area contributed by atoms with Crippen molar-refractivity contribution in [1.29, 1.82) is 0 Å². The van der Waals surface area contributed by atoms with Gasteiger partial charge in [-0.3, -0.25) is 4.79 Å². The molecule has 0 atom stereocenters. The number of carbonyl (C=O) groups is 1. The molecule has 0 aliphatic carbocycles. The minimum atomic E-state index is 0.00339. The molecule has 0 saturated carbocycles. The maximum absolute atomic E-state index is 13.4. The van der Waals surface area contributed by atoms with Crippen LogP contribution in [0.25, 0.3) is 6.08 Å². The van der Waals surface area contributed by atoms with Gasteiger partial charge in [0, 0.05) is 10.5 Å². The van der Waals surface area contributed by atoms with Gasteiger partial charge in [-0.15, -0.1) is 11.8 Å². The van der Waals surface area contributed by atoms with E-state index in [9.17, 15) is 4.79 Å². The zero-order chi connectivity index (χ0) is 48.6. The van der Waals surface area contributed by atoms with E-state index >= 15 is 0 Å². The molecule has 0 aromatic heterocycles. The molecule has 0 spiro atoms. The summed E-state index contributed by atoms with van der Waals surface area (Å²) in [6.45, 7) is 11.0. The first-order chi connectivity index (χ1) is 33.6. The number of hydrogen-bond acceptors (Lipinski definition) is 5. The van der Waals surface area contributed by atoms with Crippen LogP contribution in [0.1, 0.15) is 300 Å². The van der Waals surface area contributed by atoms with E-state index in [0.717, 1.165) is 54.2 Å². The van der Waals surface area contributed by atoms with Gasteiger partial charge < -0.3 is 14.2 Å². The predicted molar refractivity (Wildman–Crippen MR) is 301 cm³/mol. The Hall–Kier alpha value is -2.40. The Balaban J connectivity index is 2.04. The molecule has 0 fully saturated rings. The first-order valence-corrected chi connectivity index (χ1v) is 30.6. The average molecular weight is 962 g/mol. The van der Waals surface area contributed by atoms with Gasteiger partial charge in [-0.05, 0) is 79.5 Å². The van der Waals surface area contributed by atoms with Crippen molar-refractivity contribution >= 4 is 23.6 Å². The van der Waals surface area contributed by atoms with Crippen LogP contribution in [0.4, 0.5) is 0 Å². The SMILES string of the molecule is CCCCCCCCCCCCCCCOc1cc(C=CC(=O)c2ccc(SCCC)cc2)cc(OCCCCCCCCCCCCCCC)c1OCCCCCCCCCCCCCCC. The third-order valence-electron chi connectivity index (χ3n) is 13.6. The molecule has 0 N–H and O–H groups in total. The van der Waals surface area contributed by atoms with E-state index in [4.69, 9.17) is 14.2 Å². The van der Waals surface area contributed by atoms with E-state index in [0.29, 0.717) is 25.4 Å². The quantitative estimate of drug-likeness (QED) is 0.0286. The number of unbranched alkanes of at least 4 members (excludes halogenated alkanes) is 36. The zero-order valence-electron chi connectivity index (χ0n) is 45.3. The molecule has 0 amide bonds. The molecule has 4 nitrogen and oxygen atoms in total. The first kappa shape index (κ1) is 61.7. The summed E-state index contributed by atoms with van der Waals surface area (Å²) in [4.78, 5) is 14.6. The number of allylic oxidation sites excluding steroid dienone is 1. The van der Waals surface area contributed by atoms with Gasteiger partial charge in [0.2, 0.25) is 5.75 Å². The summed E-state index contributed by atoms with van der Waals surface area (Å²) in [6, 6.07) is 12.2. The summed E-state index contributed by atoms with van der Waals surface area (Å²) in [7, 11) is 0. The number of ketones is 1. The molecule has 68 heavy (non-hydrogen) atoms. The Morgan fingerprint density at radius 1 is 0.397 bits per heavy atom. The molecule has 2 aromatic rings. The van der Waals surface area contributed by atoms with Crippen LogP contribution in [0.5, 0.6) is 17.2 Å². The van der Waals surface area contributed by atoms with Gasteiger partial charge in [0.05, 0.1) is 19.8 Å². The Labute approximate surface area is 426 Å². The number of carbonyl (C=O) groups excluding carboxylic acids is 1. The summed E-state index contributed by atoms with van der Waals surface area (Å²) >= 11 is 1.84. The number of benzene rings is 2. The van der Waals surface area contributed by atoms with Gasteiger partial charge in [-0.25, -0.2) is 0 Å². The van der Waals surface area contributed by atoms with Gasteiger partial charge >= 0.3 is 0 Å². The third-order valence-corrected chi connectivity index (χ3v) is 14.8. The summed E-state index contributed by atoms with van der Waals surface area (Å²) < 4.78 is 19.9. The number of ether oxygens (including phenoxy) is 3. The van der Waals surface area contributed by atoms with Crippen LogP contribution >= 0.6 is 11.8 Å². The van der Waals surface area contributed by atoms with Crippen LogP contribution < -0.4 is 14.2 Å². The van der Waals surface area contributed by atoms with Crippen molar-refractivity contribution < 1.29 is 19.0 Å². The molecule has 2 aromatic carbocycles. The van der Waals surface area contributed by atoms with Crippen molar-refractivity contribution in [2.45, 2.75) is 289 Å². The molecule has 0 saturated heterocycles. The Morgan fingerprint density at radius 2 is 0.706 bits per heavy atom. The van der Waals surface area contributed by atoms with E-state index in [2.05, 4.69) is 52.0 Å². The van der Waals surface area contributed by atoms with Crippen molar-refractivity contribution in [3.05, 3.63) is 53.6 Å². The maximum atomic E-state index is 13.4. The first-order valence-electron chi connectivity index (χ1n) is 29.6. The van der Waals surface area contributed by atoms with Gasteiger partial charge in [0.1, 0.15) is 0 Å². The molecule has 2 rings (SSSR count). The highest BCUT2D eigenvalue weighted by Gasteiger charge is 2.16. The van der Waals surface area contributed by atoms with Gasteiger partial charge in [-0.1, -0.05) is 265 Å². The van der Waals surface area contributed by atoms with Gasteiger partial charge in [0.25, 0.3) is 0 Å². The second-order valence-corrected chi connectivity index (χ2v) is 21.4. The van der Waals surface area contributed by atoms with E-state index < -0.39 is 0 Å². The Morgan fingerprint density at radius 3 is 1.03 bits per heavy atom. The van der Waals surface area contributed by atoms with E-state index in [1.807, 2.05) is 30.0 Å². The highest BCUT2D eigenvalue weighted by Crippen LogP contribution is 2.40. The maximum Gasteiger partial charge on any atom is 0.203 e. The monoisotopic (exact) mass is 961 g/mol. The molecule has 0 aliphatic heterocycles. The van der Waals surface area contributed by atoms with Crippen LogP contribution in [-0.2, 0) is 0 Å². The van der Waals surface area contributed by atoms with E-state index in [-0.39, 0.29) is 5.78 Å². The largest absolute Gasteiger partial charge is 0.490 e. The van der Waals surface area contributed by atoms with Crippen LogP contribution in [0.15, 0.2) is 47.4 Å². The molecular weight excluding hydrogens is 853 g/mol. The van der Waals surface area contributed by atoms with Crippen molar-refractivity contribution in [1.82, 2.24) is 0 Å². The normalized spacial score (nSPS) is 11.5. The highest BCUT2D eigenvalue weighted by atomic mass is 32.2. The van der Waals surface area contributed by atoms with Crippen molar-refractivity contribution in [2.24, 2.45) is 0 Å². The molecular formula is C63H108O4S. The van der Waals surface area contributed by atoms with Crippen molar-refractivity contribution in [3.8, 4) is 17.2 Å². The summed E-state index contributed by atoms with van der Waals surface area (Å²) in [5.41, 5.74) is 1.61. The van der Waals surface area contributed by atoms with E-state index in [1.165, 1.54) is 236 Å². The van der Waals surface area contributed by atoms with Crippen LogP contribution in [0.3, 0.4) is 0 Å². The van der Waals surface area contributed by atoms with Crippen molar-refractivity contribution in [3.63, 3.8) is 0 Å². The average Bonchev–Trinajstić information content (AvgIpc) is 3.35. The van der Waals surface area contributed by atoms with Crippen LogP contribution in [0.2, 0.25) is 0 Å². The minimum Gasteiger partial charge on any atom is -0.490 e. The molecule has 0 unspecified atom stereocenters. The summed E-state index contributed by atoms with van der Waals surface area (Å²) in [5, 5.41) is 0. The van der Waals surface area contributed by atoms with Crippen molar-refractivity contribution in [2.75, 3.05) is 25.6 Å². The zero-order valence-corrected chi connectivity index (χ0v) is 46.1. The minimum absolute atomic E-state index is 0.00339. The highest BCUT2D eigenvalue weighted by molar-refractivity contribution is 7.99. The van der Waals surface area contributed by atoms with Gasteiger partial charge in [-0.2, -0.15) is 0 Å². The molecule has 0 heterocycles. The lowest BCUT2D eigenvalue weighted by molar-refractivity contribution is 0.104. The molecule has 0 bridgehead atoms. The van der Waals surface area contributed by atoms with E-state index in [1.54, 1.807) is 6.08 Å². The fraction of sp³-hybridized carbons (Fsp3) is 0.762. The lowest BCUT2D eigenvalue weighted by Crippen LogP contribution is -2.07.